The highest BCUT2D eigenvalue weighted by molar-refractivity contribution is 6.00. The summed E-state index contributed by atoms with van der Waals surface area (Å²) in [5.41, 5.74) is 0.0788. The van der Waals surface area contributed by atoms with Crippen molar-refractivity contribution < 1.29 is 14.5 Å². The average molecular weight is 391 g/mol. The predicted molar refractivity (Wildman–Crippen MR) is 107 cm³/mol. The lowest BCUT2D eigenvalue weighted by atomic mass is 9.87. The molecule has 0 bridgehead atoms. The average Bonchev–Trinajstić information content (AvgIpc) is 2.70. The van der Waals surface area contributed by atoms with Crippen LogP contribution in [-0.2, 0) is 4.74 Å². The van der Waals surface area contributed by atoms with Crippen molar-refractivity contribution in [1.29, 1.82) is 0 Å². The van der Waals surface area contributed by atoms with E-state index in [9.17, 15) is 14.9 Å². The van der Waals surface area contributed by atoms with Gasteiger partial charge in [-0.2, -0.15) is 0 Å². The van der Waals surface area contributed by atoms with Gasteiger partial charge in [-0.05, 0) is 38.5 Å². The van der Waals surface area contributed by atoms with E-state index in [1.54, 1.807) is 0 Å². The molecule has 9 nitrogen and oxygen atoms in total. The van der Waals surface area contributed by atoms with Crippen LogP contribution in [0.15, 0.2) is 6.07 Å². The number of nitro groups is 1. The van der Waals surface area contributed by atoms with Crippen molar-refractivity contribution in [3.05, 3.63) is 21.7 Å². The zero-order valence-electron chi connectivity index (χ0n) is 16.6. The van der Waals surface area contributed by atoms with Gasteiger partial charge in [-0.3, -0.25) is 14.9 Å². The molecule has 1 saturated heterocycles. The summed E-state index contributed by atoms with van der Waals surface area (Å²) in [6, 6.07) is 1.46. The van der Waals surface area contributed by atoms with E-state index in [2.05, 4.69) is 22.5 Å². The van der Waals surface area contributed by atoms with Gasteiger partial charge in [0.25, 0.3) is 5.91 Å². The van der Waals surface area contributed by atoms with E-state index in [4.69, 9.17) is 4.74 Å². The zero-order chi connectivity index (χ0) is 20.1. The number of carbonyl (C=O) groups excluding carboxylic acids is 1. The van der Waals surface area contributed by atoms with E-state index in [-0.39, 0.29) is 29.0 Å². The summed E-state index contributed by atoms with van der Waals surface area (Å²) in [5, 5.41) is 17.6. The van der Waals surface area contributed by atoms with Crippen molar-refractivity contribution in [2.24, 2.45) is 5.92 Å². The number of ether oxygens (including phenoxy) is 1. The first-order valence-corrected chi connectivity index (χ1v) is 10.1. The lowest BCUT2D eigenvalue weighted by Crippen LogP contribution is -2.41. The number of amides is 1. The molecule has 0 spiro atoms. The van der Waals surface area contributed by atoms with E-state index in [1.807, 2.05) is 11.8 Å². The lowest BCUT2D eigenvalue weighted by Gasteiger charge is -2.30. The molecule has 3 rings (SSSR count). The molecule has 2 N–H and O–H groups in total. The van der Waals surface area contributed by atoms with Gasteiger partial charge >= 0.3 is 5.69 Å². The Morgan fingerprint density at radius 3 is 2.61 bits per heavy atom. The Hall–Kier alpha value is -2.42. The Bertz CT molecular complexity index is 713. The van der Waals surface area contributed by atoms with Crippen molar-refractivity contribution in [3.8, 4) is 0 Å². The third kappa shape index (κ3) is 4.70. The van der Waals surface area contributed by atoms with Gasteiger partial charge in [0, 0.05) is 31.7 Å². The quantitative estimate of drug-likeness (QED) is 0.566. The van der Waals surface area contributed by atoms with Gasteiger partial charge in [0.1, 0.15) is 5.82 Å². The fourth-order valence-electron chi connectivity index (χ4n) is 3.78. The molecule has 0 aromatic carbocycles. The number of nitrogens with one attached hydrogen (secondary N) is 2. The highest BCUT2D eigenvalue weighted by Gasteiger charge is 2.29. The topological polar surface area (TPSA) is 110 Å². The summed E-state index contributed by atoms with van der Waals surface area (Å²) in [5.74, 6) is 1.06. The first-order chi connectivity index (χ1) is 13.5. The van der Waals surface area contributed by atoms with E-state index in [0.29, 0.717) is 44.6 Å². The van der Waals surface area contributed by atoms with Crippen molar-refractivity contribution in [2.75, 3.05) is 43.1 Å². The molecule has 0 unspecified atom stereocenters. The maximum absolute atomic E-state index is 13.0. The Kier molecular flexibility index (Phi) is 6.66. The van der Waals surface area contributed by atoms with Gasteiger partial charge in [0.05, 0.1) is 23.7 Å². The van der Waals surface area contributed by atoms with Crippen LogP contribution >= 0.6 is 0 Å². The Morgan fingerprint density at radius 1 is 1.32 bits per heavy atom. The van der Waals surface area contributed by atoms with E-state index < -0.39 is 4.92 Å². The molecule has 1 amide bonds. The maximum Gasteiger partial charge on any atom is 0.312 e. The molecule has 2 aliphatic rings. The number of hydrogen-bond acceptors (Lipinski definition) is 7. The van der Waals surface area contributed by atoms with Crippen LogP contribution < -0.4 is 15.5 Å². The summed E-state index contributed by atoms with van der Waals surface area (Å²) < 4.78 is 5.40. The predicted octanol–water partition coefficient (Wildman–Crippen LogP) is 2.57. The molecule has 1 aliphatic heterocycles. The molecule has 2 heterocycles. The molecular formula is C19H29N5O4. The van der Waals surface area contributed by atoms with Gasteiger partial charge in [0.15, 0.2) is 0 Å². The van der Waals surface area contributed by atoms with Gasteiger partial charge in [-0.1, -0.05) is 6.92 Å². The number of carbonyl (C=O) groups is 1. The Labute approximate surface area is 165 Å². The van der Waals surface area contributed by atoms with Crippen LogP contribution in [0.3, 0.4) is 0 Å². The summed E-state index contributed by atoms with van der Waals surface area (Å²) in [6.07, 6.45) is 4.04. The molecule has 1 aromatic heterocycles. The number of pyridine rings is 1. The smallest absolute Gasteiger partial charge is 0.312 e. The third-order valence-corrected chi connectivity index (χ3v) is 5.43. The molecule has 1 aliphatic carbocycles. The van der Waals surface area contributed by atoms with Crippen LogP contribution in [0.5, 0.6) is 0 Å². The van der Waals surface area contributed by atoms with Crippen LogP contribution in [-0.4, -0.2) is 54.7 Å². The number of anilines is 2. The fraction of sp³-hybridized carbons (Fsp3) is 0.684. The summed E-state index contributed by atoms with van der Waals surface area (Å²) in [6.45, 7) is 6.84. The molecule has 9 heteroatoms. The van der Waals surface area contributed by atoms with Crippen molar-refractivity contribution in [2.45, 2.75) is 45.6 Å². The number of nitrogens with zero attached hydrogens (tertiary/aromatic N) is 3. The first-order valence-electron chi connectivity index (χ1n) is 10.1. The molecular weight excluding hydrogens is 362 g/mol. The second-order valence-electron chi connectivity index (χ2n) is 7.54. The standard InChI is InChI=1S/C19H29N5O4/c1-3-20-17-16(24(26)27)12-15(18(22-17)23-8-10-28-11-9-23)19(25)21-14-6-4-13(2)5-7-14/h12-14H,3-11H2,1-2H3,(H,20,22)(H,21,25). The number of morpholine rings is 1. The molecule has 0 radical (unpaired) electrons. The van der Waals surface area contributed by atoms with Crippen molar-refractivity contribution in [1.82, 2.24) is 10.3 Å². The van der Waals surface area contributed by atoms with Crippen LogP contribution in [0.4, 0.5) is 17.3 Å². The minimum absolute atomic E-state index is 0.105. The third-order valence-electron chi connectivity index (χ3n) is 5.43. The summed E-state index contributed by atoms with van der Waals surface area (Å²) in [7, 11) is 0. The summed E-state index contributed by atoms with van der Waals surface area (Å²) >= 11 is 0. The largest absolute Gasteiger partial charge is 0.378 e. The van der Waals surface area contributed by atoms with Gasteiger partial charge in [0.2, 0.25) is 5.82 Å². The molecule has 2 fully saturated rings. The number of aromatic nitrogens is 1. The van der Waals surface area contributed by atoms with Crippen LogP contribution in [0.1, 0.15) is 49.9 Å². The molecule has 1 saturated carbocycles. The number of rotatable bonds is 6. The zero-order valence-corrected chi connectivity index (χ0v) is 16.6. The first kappa shape index (κ1) is 20.3. The van der Waals surface area contributed by atoms with Gasteiger partial charge in [-0.15, -0.1) is 0 Å². The van der Waals surface area contributed by atoms with Gasteiger partial charge in [-0.25, -0.2) is 4.98 Å². The van der Waals surface area contributed by atoms with Crippen LogP contribution in [0, 0.1) is 16.0 Å². The lowest BCUT2D eigenvalue weighted by molar-refractivity contribution is -0.384. The van der Waals surface area contributed by atoms with E-state index in [1.165, 1.54) is 6.07 Å². The highest BCUT2D eigenvalue weighted by atomic mass is 16.6. The Balaban J connectivity index is 1.92. The van der Waals surface area contributed by atoms with E-state index in [0.717, 1.165) is 25.7 Å². The molecule has 0 atom stereocenters. The molecule has 28 heavy (non-hydrogen) atoms. The van der Waals surface area contributed by atoms with Crippen LogP contribution in [0.25, 0.3) is 0 Å². The second kappa shape index (κ2) is 9.18. The number of hydrogen-bond donors (Lipinski definition) is 2. The second-order valence-corrected chi connectivity index (χ2v) is 7.54. The summed E-state index contributed by atoms with van der Waals surface area (Å²) in [4.78, 5) is 30.6. The Morgan fingerprint density at radius 2 is 2.00 bits per heavy atom. The van der Waals surface area contributed by atoms with Gasteiger partial charge < -0.3 is 20.3 Å². The van der Waals surface area contributed by atoms with Crippen molar-refractivity contribution in [3.63, 3.8) is 0 Å². The van der Waals surface area contributed by atoms with E-state index >= 15 is 0 Å². The SMILES string of the molecule is CCNc1nc(N2CCOCC2)c(C(=O)NC2CCC(C)CC2)cc1[N+](=O)[O-]. The van der Waals surface area contributed by atoms with Crippen LogP contribution in [0.2, 0.25) is 0 Å². The highest BCUT2D eigenvalue weighted by Crippen LogP contribution is 2.31. The minimum atomic E-state index is -0.493. The monoisotopic (exact) mass is 391 g/mol. The molecule has 1 aromatic rings. The maximum atomic E-state index is 13.0. The normalized spacial score (nSPS) is 22.6. The van der Waals surface area contributed by atoms with Crippen molar-refractivity contribution >= 4 is 23.2 Å². The minimum Gasteiger partial charge on any atom is -0.378 e. The fourth-order valence-corrected chi connectivity index (χ4v) is 3.78. The molecule has 154 valence electrons.